The molecule has 0 bridgehead atoms. The zero-order chi connectivity index (χ0) is 12.5. The number of hydrogen-bond donors (Lipinski definition) is 2. The van der Waals surface area contributed by atoms with Crippen LogP contribution in [-0.4, -0.2) is 40.4 Å². The van der Waals surface area contributed by atoms with E-state index in [9.17, 15) is 22.6 Å². The SMILES string of the molecule is O=C(O)C1CCCC(S(=O)(=O)[O-])C1C(=O)O.[Na+]. The van der Waals surface area contributed by atoms with Gasteiger partial charge in [-0.15, -0.1) is 0 Å². The average molecular weight is 274 g/mol. The molecule has 0 aromatic heterocycles. The summed E-state index contributed by atoms with van der Waals surface area (Å²) >= 11 is 0. The number of carboxylic acid groups (broad SMARTS) is 2. The summed E-state index contributed by atoms with van der Waals surface area (Å²) in [6, 6.07) is 0. The van der Waals surface area contributed by atoms with Crippen molar-refractivity contribution in [1.82, 2.24) is 0 Å². The van der Waals surface area contributed by atoms with Gasteiger partial charge in [0.25, 0.3) is 0 Å². The van der Waals surface area contributed by atoms with Gasteiger partial charge in [0.05, 0.1) is 27.2 Å². The summed E-state index contributed by atoms with van der Waals surface area (Å²) in [5.41, 5.74) is 0. The molecule has 1 fully saturated rings. The molecule has 0 aliphatic heterocycles. The van der Waals surface area contributed by atoms with Crippen LogP contribution < -0.4 is 29.6 Å². The third-order valence-electron chi connectivity index (χ3n) is 2.81. The summed E-state index contributed by atoms with van der Waals surface area (Å²) in [7, 11) is -4.78. The van der Waals surface area contributed by atoms with E-state index in [1.54, 1.807) is 0 Å². The molecule has 1 rings (SSSR count). The molecule has 0 aromatic carbocycles. The largest absolute Gasteiger partial charge is 1.00 e. The normalized spacial score (nSPS) is 29.1. The van der Waals surface area contributed by atoms with Crippen LogP contribution in [0.25, 0.3) is 0 Å². The minimum absolute atomic E-state index is 0. The van der Waals surface area contributed by atoms with E-state index in [-0.39, 0.29) is 48.8 Å². The first-order valence-corrected chi connectivity index (χ1v) is 6.12. The van der Waals surface area contributed by atoms with Crippen LogP contribution in [0.3, 0.4) is 0 Å². The molecule has 3 unspecified atom stereocenters. The summed E-state index contributed by atoms with van der Waals surface area (Å²) in [5.74, 6) is -5.87. The van der Waals surface area contributed by atoms with Gasteiger partial charge in [0, 0.05) is 0 Å². The van der Waals surface area contributed by atoms with Gasteiger partial charge in [0.15, 0.2) is 0 Å². The molecule has 0 spiro atoms. The summed E-state index contributed by atoms with van der Waals surface area (Å²) in [6.07, 6.45) is 0.220. The molecule has 9 heteroatoms. The van der Waals surface area contributed by atoms with Gasteiger partial charge in [-0.1, -0.05) is 6.42 Å². The summed E-state index contributed by atoms with van der Waals surface area (Å²) in [6.45, 7) is 0. The Kier molecular flexibility index (Phi) is 6.09. The van der Waals surface area contributed by atoms with Crippen LogP contribution in [0.2, 0.25) is 0 Å². The fourth-order valence-corrected chi connectivity index (χ4v) is 3.21. The maximum absolute atomic E-state index is 10.9. The van der Waals surface area contributed by atoms with E-state index in [0.29, 0.717) is 0 Å². The second-order valence-electron chi connectivity index (χ2n) is 3.77. The molecule has 0 heterocycles. The Morgan fingerprint density at radius 2 is 1.65 bits per heavy atom. The van der Waals surface area contributed by atoms with Crippen molar-refractivity contribution in [3.05, 3.63) is 0 Å². The van der Waals surface area contributed by atoms with Crippen molar-refractivity contribution in [3.63, 3.8) is 0 Å². The first kappa shape index (κ1) is 16.9. The Morgan fingerprint density at radius 1 is 1.12 bits per heavy atom. The van der Waals surface area contributed by atoms with Crippen molar-refractivity contribution < 1.29 is 62.3 Å². The monoisotopic (exact) mass is 274 g/mol. The van der Waals surface area contributed by atoms with Crippen molar-refractivity contribution >= 4 is 22.1 Å². The predicted octanol–water partition coefficient (Wildman–Crippen LogP) is -3.51. The predicted molar refractivity (Wildman–Crippen MR) is 49.6 cm³/mol. The van der Waals surface area contributed by atoms with E-state index in [1.807, 2.05) is 0 Å². The van der Waals surface area contributed by atoms with Gasteiger partial charge in [-0.05, 0) is 12.8 Å². The molecular formula is C8H11NaO7S. The van der Waals surface area contributed by atoms with Gasteiger partial charge in [0.1, 0.15) is 0 Å². The van der Waals surface area contributed by atoms with Crippen LogP contribution in [0.4, 0.5) is 0 Å². The van der Waals surface area contributed by atoms with Crippen molar-refractivity contribution in [2.75, 3.05) is 0 Å². The number of hydrogen-bond acceptors (Lipinski definition) is 5. The second kappa shape index (κ2) is 6.14. The quantitative estimate of drug-likeness (QED) is 0.403. The van der Waals surface area contributed by atoms with Gasteiger partial charge in [-0.3, -0.25) is 9.59 Å². The molecule has 3 atom stereocenters. The van der Waals surface area contributed by atoms with E-state index in [1.165, 1.54) is 0 Å². The van der Waals surface area contributed by atoms with Crippen molar-refractivity contribution in [2.45, 2.75) is 24.5 Å². The minimum atomic E-state index is -4.78. The Bertz CT molecular complexity index is 404. The van der Waals surface area contributed by atoms with Gasteiger partial charge >= 0.3 is 41.5 Å². The Labute approximate surface area is 120 Å². The Morgan fingerprint density at radius 3 is 2.00 bits per heavy atom. The van der Waals surface area contributed by atoms with E-state index < -0.39 is 39.1 Å². The Balaban J connectivity index is 0.00000256. The molecular weight excluding hydrogens is 263 g/mol. The molecule has 0 amide bonds. The number of rotatable bonds is 3. The smallest absolute Gasteiger partial charge is 0.748 e. The number of aliphatic carboxylic acids is 2. The molecule has 92 valence electrons. The van der Waals surface area contributed by atoms with E-state index >= 15 is 0 Å². The van der Waals surface area contributed by atoms with Crippen LogP contribution in [0, 0.1) is 11.8 Å². The topological polar surface area (TPSA) is 132 Å². The molecule has 1 aliphatic carbocycles. The third kappa shape index (κ3) is 3.92. The van der Waals surface area contributed by atoms with Crippen molar-refractivity contribution in [1.29, 1.82) is 0 Å². The van der Waals surface area contributed by atoms with Crippen LogP contribution in [0.15, 0.2) is 0 Å². The molecule has 0 saturated heterocycles. The Hall–Kier alpha value is -0.150. The number of carbonyl (C=O) groups is 2. The summed E-state index contributed by atoms with van der Waals surface area (Å²) in [5, 5.41) is 16.0. The van der Waals surface area contributed by atoms with Crippen LogP contribution in [0.1, 0.15) is 19.3 Å². The van der Waals surface area contributed by atoms with Crippen molar-refractivity contribution in [2.24, 2.45) is 11.8 Å². The van der Waals surface area contributed by atoms with Gasteiger partial charge in [-0.2, -0.15) is 0 Å². The fourth-order valence-electron chi connectivity index (χ4n) is 2.09. The first-order valence-electron chi connectivity index (χ1n) is 4.65. The summed E-state index contributed by atoms with van der Waals surface area (Å²) in [4.78, 5) is 21.6. The van der Waals surface area contributed by atoms with Crippen molar-refractivity contribution in [3.8, 4) is 0 Å². The fraction of sp³-hybridized carbons (Fsp3) is 0.750. The van der Waals surface area contributed by atoms with Crippen LogP contribution in [-0.2, 0) is 19.7 Å². The molecule has 0 radical (unpaired) electrons. The van der Waals surface area contributed by atoms with Gasteiger partial charge < -0.3 is 14.8 Å². The third-order valence-corrected chi connectivity index (χ3v) is 4.08. The second-order valence-corrected chi connectivity index (χ2v) is 5.36. The first-order chi connectivity index (χ1) is 7.25. The zero-order valence-electron chi connectivity index (χ0n) is 9.20. The molecule has 1 aliphatic rings. The standard InChI is InChI=1S/C8H12O7S.Na/c9-7(10)4-2-1-3-5(16(13,14)15)6(4)8(11)12;/h4-6H,1-3H2,(H,9,10)(H,11,12)(H,13,14,15);/q;+1/p-1. The van der Waals surface area contributed by atoms with E-state index in [2.05, 4.69) is 0 Å². The minimum Gasteiger partial charge on any atom is -0.748 e. The van der Waals surface area contributed by atoms with E-state index in [0.717, 1.165) is 0 Å². The molecule has 2 N–H and O–H groups in total. The van der Waals surface area contributed by atoms with Gasteiger partial charge in [-0.25, -0.2) is 8.42 Å². The molecule has 7 nitrogen and oxygen atoms in total. The molecule has 0 aromatic rings. The summed E-state index contributed by atoms with van der Waals surface area (Å²) < 4.78 is 32.6. The number of carboxylic acids is 2. The average Bonchev–Trinajstić information content (AvgIpc) is 2.14. The molecule has 17 heavy (non-hydrogen) atoms. The van der Waals surface area contributed by atoms with Crippen LogP contribution >= 0.6 is 0 Å². The zero-order valence-corrected chi connectivity index (χ0v) is 12.0. The van der Waals surface area contributed by atoms with Gasteiger partial charge in [0.2, 0.25) is 0 Å². The van der Waals surface area contributed by atoms with E-state index in [4.69, 9.17) is 10.2 Å². The molecule has 1 saturated carbocycles. The van der Waals surface area contributed by atoms with Crippen LogP contribution in [0.5, 0.6) is 0 Å². The maximum atomic E-state index is 10.9. The maximum Gasteiger partial charge on any atom is 1.00 e.